The van der Waals surface area contributed by atoms with E-state index in [1.807, 2.05) is 26.8 Å². The van der Waals surface area contributed by atoms with E-state index in [2.05, 4.69) is 37.5 Å². The van der Waals surface area contributed by atoms with Gasteiger partial charge in [0, 0.05) is 17.1 Å². The largest absolute Gasteiger partial charge is 0.442 e. The lowest BCUT2D eigenvalue weighted by Gasteiger charge is -2.30. The molecule has 1 aliphatic rings. The Morgan fingerprint density at radius 2 is 1.71 bits per heavy atom. The van der Waals surface area contributed by atoms with E-state index in [9.17, 15) is 4.79 Å². The van der Waals surface area contributed by atoms with E-state index in [1.165, 1.54) is 0 Å². The van der Waals surface area contributed by atoms with Gasteiger partial charge in [0.15, 0.2) is 0 Å². The first-order valence-corrected chi connectivity index (χ1v) is 7.98. The summed E-state index contributed by atoms with van der Waals surface area (Å²) in [6.45, 7) is 12.4. The zero-order valence-corrected chi connectivity index (χ0v) is 14.5. The van der Waals surface area contributed by atoms with Crippen LogP contribution in [-0.2, 0) is 4.74 Å². The molecule has 0 saturated heterocycles. The van der Waals surface area contributed by atoms with Gasteiger partial charge >= 0.3 is 6.09 Å². The number of carbonyl (C=O) groups excluding carboxylic acids is 1. The maximum absolute atomic E-state index is 11.9. The lowest BCUT2D eigenvalue weighted by Crippen LogP contribution is -2.45. The zero-order chi connectivity index (χ0) is 16.1. The van der Waals surface area contributed by atoms with Gasteiger partial charge in [0.2, 0.25) is 0 Å². The minimum Gasteiger partial charge on any atom is -0.442 e. The van der Waals surface area contributed by atoms with Crippen LogP contribution in [0.1, 0.15) is 67.2 Å². The molecule has 0 aromatic heterocycles. The molecule has 1 aliphatic carbocycles. The summed E-state index contributed by atoms with van der Waals surface area (Å²) in [6.07, 6.45) is 7.73. The van der Waals surface area contributed by atoms with Crippen molar-refractivity contribution in [3.05, 3.63) is 12.2 Å². The number of amides is 1. The average Bonchev–Trinajstić information content (AvgIpc) is 2.22. The Bertz CT molecular complexity index is 364. The van der Waals surface area contributed by atoms with Gasteiger partial charge in [-0.15, -0.1) is 0 Å². The molecule has 0 radical (unpaired) electrons. The Morgan fingerprint density at radius 3 is 2.29 bits per heavy atom. The summed E-state index contributed by atoms with van der Waals surface area (Å²) in [7, 11) is 0. The molecule has 2 N–H and O–H groups in total. The van der Waals surface area contributed by atoms with Crippen molar-refractivity contribution in [1.29, 1.82) is 0 Å². The summed E-state index contributed by atoms with van der Waals surface area (Å²) in [5, 5.41) is 6.49. The minimum absolute atomic E-state index is 0.119. The number of allylic oxidation sites excluding steroid dienone is 1. The Hall–Kier alpha value is -1.03. The molecule has 2 atom stereocenters. The van der Waals surface area contributed by atoms with Gasteiger partial charge in [-0.25, -0.2) is 4.79 Å². The third-order valence-corrected chi connectivity index (χ3v) is 3.20. The molecule has 4 heteroatoms. The number of nitrogens with one attached hydrogen (secondary N) is 2. The molecule has 0 aromatic carbocycles. The summed E-state index contributed by atoms with van der Waals surface area (Å²) in [5.41, 5.74) is -0.147. The molecule has 1 rings (SSSR count). The van der Waals surface area contributed by atoms with Crippen molar-refractivity contribution >= 4 is 6.09 Å². The number of alkyl carbamates (subject to hydrolysis) is 1. The van der Waals surface area contributed by atoms with Crippen LogP contribution in [0.5, 0.6) is 0 Å². The monoisotopic (exact) mass is 296 g/mol. The highest BCUT2D eigenvalue weighted by Gasteiger charge is 2.22. The van der Waals surface area contributed by atoms with Gasteiger partial charge in [-0.1, -0.05) is 6.08 Å². The van der Waals surface area contributed by atoms with Crippen molar-refractivity contribution in [1.82, 2.24) is 10.6 Å². The van der Waals surface area contributed by atoms with Crippen molar-refractivity contribution in [3.63, 3.8) is 0 Å². The molecule has 1 amide bonds. The number of hydrogen-bond donors (Lipinski definition) is 2. The smallest absolute Gasteiger partial charge is 0.408 e. The maximum atomic E-state index is 11.9. The van der Waals surface area contributed by atoms with E-state index in [0.29, 0.717) is 6.04 Å². The predicted molar refractivity (Wildman–Crippen MR) is 87.4 cm³/mol. The molecule has 4 nitrogen and oxygen atoms in total. The van der Waals surface area contributed by atoms with Crippen LogP contribution in [0.4, 0.5) is 4.79 Å². The van der Waals surface area contributed by atoms with Gasteiger partial charge in [-0.05, 0) is 73.3 Å². The first-order valence-electron chi connectivity index (χ1n) is 7.98. The molecule has 0 fully saturated rings. The van der Waals surface area contributed by atoms with Crippen LogP contribution >= 0.6 is 0 Å². The van der Waals surface area contributed by atoms with Crippen LogP contribution in [-0.4, -0.2) is 29.3 Å². The van der Waals surface area contributed by atoms with E-state index in [0.717, 1.165) is 25.7 Å². The first kappa shape index (κ1) is 18.0. The second-order valence-corrected chi connectivity index (χ2v) is 7.99. The topological polar surface area (TPSA) is 50.4 Å². The first-order chi connectivity index (χ1) is 9.55. The fraction of sp³-hybridized carbons (Fsp3) is 0.824. The Balaban J connectivity index is 2.50. The summed E-state index contributed by atoms with van der Waals surface area (Å²) in [5.74, 6) is 0. The standard InChI is InChI=1S/C17H32N2O2/c1-16(2,3)18-13-9-7-8-10-14(12-11-13)21-15(20)19-17(4,5)6/h8,10,13-14,18H,7,9,11-12H2,1-6H3,(H,19,20)/b10-8+. The van der Waals surface area contributed by atoms with Crippen LogP contribution in [0.2, 0.25) is 0 Å². The molecule has 21 heavy (non-hydrogen) atoms. The highest BCUT2D eigenvalue weighted by atomic mass is 16.6. The van der Waals surface area contributed by atoms with E-state index in [4.69, 9.17) is 4.74 Å². The Labute approximate surface area is 129 Å². The van der Waals surface area contributed by atoms with E-state index >= 15 is 0 Å². The van der Waals surface area contributed by atoms with E-state index in [1.54, 1.807) is 0 Å². The number of carbonyl (C=O) groups is 1. The van der Waals surface area contributed by atoms with Crippen molar-refractivity contribution in [2.24, 2.45) is 0 Å². The molecule has 2 unspecified atom stereocenters. The van der Waals surface area contributed by atoms with Gasteiger partial charge < -0.3 is 15.4 Å². The number of ether oxygens (including phenoxy) is 1. The summed E-state index contributed by atoms with van der Waals surface area (Å²) in [4.78, 5) is 11.9. The molecular formula is C17H32N2O2. The van der Waals surface area contributed by atoms with Crippen LogP contribution < -0.4 is 10.6 Å². The molecule has 0 bridgehead atoms. The fourth-order valence-electron chi connectivity index (χ4n) is 2.48. The molecule has 0 spiro atoms. The van der Waals surface area contributed by atoms with Crippen LogP contribution in [0.3, 0.4) is 0 Å². The number of rotatable bonds is 2. The van der Waals surface area contributed by atoms with Gasteiger partial charge in [0.1, 0.15) is 6.10 Å². The van der Waals surface area contributed by atoms with Crippen molar-refractivity contribution in [3.8, 4) is 0 Å². The second kappa shape index (κ2) is 7.30. The van der Waals surface area contributed by atoms with Gasteiger partial charge in [-0.3, -0.25) is 0 Å². The van der Waals surface area contributed by atoms with E-state index < -0.39 is 0 Å². The lowest BCUT2D eigenvalue weighted by molar-refractivity contribution is 0.104. The van der Waals surface area contributed by atoms with E-state index in [-0.39, 0.29) is 23.3 Å². The molecule has 122 valence electrons. The lowest BCUT2D eigenvalue weighted by atomic mass is 9.96. The highest BCUT2D eigenvalue weighted by Crippen LogP contribution is 2.18. The summed E-state index contributed by atoms with van der Waals surface area (Å²) >= 11 is 0. The summed E-state index contributed by atoms with van der Waals surface area (Å²) in [6, 6.07) is 0.478. The summed E-state index contributed by atoms with van der Waals surface area (Å²) < 4.78 is 5.52. The van der Waals surface area contributed by atoms with Crippen molar-refractivity contribution in [2.75, 3.05) is 0 Å². The van der Waals surface area contributed by atoms with Crippen molar-refractivity contribution < 1.29 is 9.53 Å². The zero-order valence-electron chi connectivity index (χ0n) is 14.5. The Morgan fingerprint density at radius 1 is 1.05 bits per heavy atom. The van der Waals surface area contributed by atoms with Crippen LogP contribution in [0, 0.1) is 0 Å². The normalized spacial score (nSPS) is 25.6. The van der Waals surface area contributed by atoms with Crippen LogP contribution in [0.25, 0.3) is 0 Å². The predicted octanol–water partition coefficient (Wildman–Crippen LogP) is 3.77. The quantitative estimate of drug-likeness (QED) is 0.763. The molecular weight excluding hydrogens is 264 g/mol. The third-order valence-electron chi connectivity index (χ3n) is 3.20. The molecule has 0 saturated carbocycles. The fourth-order valence-corrected chi connectivity index (χ4v) is 2.48. The van der Waals surface area contributed by atoms with Gasteiger partial charge in [0.25, 0.3) is 0 Å². The molecule has 0 heterocycles. The van der Waals surface area contributed by atoms with Gasteiger partial charge in [-0.2, -0.15) is 0 Å². The average molecular weight is 296 g/mol. The second-order valence-electron chi connectivity index (χ2n) is 7.99. The van der Waals surface area contributed by atoms with Crippen LogP contribution in [0.15, 0.2) is 12.2 Å². The third kappa shape index (κ3) is 8.76. The maximum Gasteiger partial charge on any atom is 0.408 e. The molecule has 0 aliphatic heterocycles. The Kier molecular flexibility index (Phi) is 6.26. The molecule has 0 aromatic rings. The minimum atomic E-state index is -0.335. The van der Waals surface area contributed by atoms with Gasteiger partial charge in [0.05, 0.1) is 0 Å². The number of hydrogen-bond acceptors (Lipinski definition) is 3. The highest BCUT2D eigenvalue weighted by molar-refractivity contribution is 5.68. The van der Waals surface area contributed by atoms with Crippen molar-refractivity contribution in [2.45, 2.75) is 90.4 Å². The SMILES string of the molecule is CC(C)(C)NC(=O)OC1/C=C/CCC(NC(C)(C)C)CC1.